The van der Waals surface area contributed by atoms with E-state index in [1.807, 2.05) is 0 Å². The van der Waals surface area contributed by atoms with Gasteiger partial charge >= 0.3 is 0 Å². The fourth-order valence-electron chi connectivity index (χ4n) is 2.02. The number of hydrogen-bond donors (Lipinski definition) is 3. The minimum absolute atomic E-state index is 0.100. The second-order valence-corrected chi connectivity index (χ2v) is 4.31. The van der Waals surface area contributed by atoms with Gasteiger partial charge in [-0.25, -0.2) is 4.98 Å². The average molecular weight is 222 g/mol. The van der Waals surface area contributed by atoms with Crippen LogP contribution in [0, 0.1) is 12.8 Å². The Hall–Kier alpha value is -1.36. The first kappa shape index (κ1) is 11.1. The van der Waals surface area contributed by atoms with Gasteiger partial charge < -0.3 is 15.6 Å². The van der Waals surface area contributed by atoms with Crippen molar-refractivity contribution < 1.29 is 0 Å². The molecule has 1 aromatic heterocycles. The minimum atomic E-state index is -0.100. The number of aromatic amines is 1. The number of nitrogens with zero attached hydrogens (tertiary/aromatic N) is 1. The van der Waals surface area contributed by atoms with Crippen LogP contribution in [0.1, 0.15) is 18.7 Å². The molecule has 0 saturated carbocycles. The summed E-state index contributed by atoms with van der Waals surface area (Å²) in [7, 11) is 0. The van der Waals surface area contributed by atoms with E-state index in [1.54, 1.807) is 6.92 Å². The molecule has 1 aliphatic heterocycles. The van der Waals surface area contributed by atoms with Gasteiger partial charge in [-0.2, -0.15) is 0 Å². The van der Waals surface area contributed by atoms with Crippen molar-refractivity contribution in [3.05, 3.63) is 22.2 Å². The second kappa shape index (κ2) is 5.12. The van der Waals surface area contributed by atoms with Gasteiger partial charge in [0.15, 0.2) is 0 Å². The van der Waals surface area contributed by atoms with E-state index >= 15 is 0 Å². The van der Waals surface area contributed by atoms with Gasteiger partial charge in [-0.05, 0) is 38.8 Å². The van der Waals surface area contributed by atoms with Crippen LogP contribution in [0.15, 0.2) is 10.9 Å². The molecule has 0 amide bonds. The van der Waals surface area contributed by atoms with Crippen LogP contribution in [0.2, 0.25) is 0 Å². The molecule has 1 atom stereocenters. The number of hydrogen-bond acceptors (Lipinski definition) is 4. The summed E-state index contributed by atoms with van der Waals surface area (Å²) in [4.78, 5) is 18.1. The van der Waals surface area contributed by atoms with Crippen molar-refractivity contribution in [1.29, 1.82) is 0 Å². The number of rotatable bonds is 3. The summed E-state index contributed by atoms with van der Waals surface area (Å²) in [5.74, 6) is 1.96. The molecule has 0 aromatic carbocycles. The molecule has 0 bridgehead atoms. The highest BCUT2D eigenvalue weighted by atomic mass is 16.1. The quantitative estimate of drug-likeness (QED) is 0.696. The number of aromatic nitrogens is 2. The number of nitrogens with one attached hydrogen (secondary N) is 3. The maximum atomic E-state index is 11.2. The van der Waals surface area contributed by atoms with Crippen LogP contribution >= 0.6 is 0 Å². The molecular formula is C11H18N4O. The van der Waals surface area contributed by atoms with Crippen molar-refractivity contribution in [2.45, 2.75) is 19.8 Å². The lowest BCUT2D eigenvalue weighted by atomic mass is 10.00. The Morgan fingerprint density at radius 3 is 3.19 bits per heavy atom. The first-order valence-corrected chi connectivity index (χ1v) is 5.76. The lowest BCUT2D eigenvalue weighted by molar-refractivity contribution is 0.392. The molecule has 3 N–H and O–H groups in total. The van der Waals surface area contributed by atoms with Gasteiger partial charge in [0, 0.05) is 12.6 Å². The molecule has 16 heavy (non-hydrogen) atoms. The van der Waals surface area contributed by atoms with E-state index in [2.05, 4.69) is 20.6 Å². The zero-order chi connectivity index (χ0) is 11.4. The van der Waals surface area contributed by atoms with Crippen LogP contribution in [0.4, 0.5) is 5.82 Å². The highest BCUT2D eigenvalue weighted by Gasteiger charge is 2.12. The number of piperidine rings is 1. The molecule has 1 unspecified atom stereocenters. The van der Waals surface area contributed by atoms with Gasteiger partial charge in [-0.3, -0.25) is 4.79 Å². The van der Waals surface area contributed by atoms with E-state index in [-0.39, 0.29) is 5.56 Å². The Morgan fingerprint density at radius 1 is 1.62 bits per heavy atom. The molecule has 0 spiro atoms. The Labute approximate surface area is 94.7 Å². The molecule has 1 aliphatic rings. The van der Waals surface area contributed by atoms with Crippen LogP contribution in [-0.4, -0.2) is 29.6 Å². The van der Waals surface area contributed by atoms with Crippen LogP contribution in [0.5, 0.6) is 0 Å². The molecular weight excluding hydrogens is 204 g/mol. The normalized spacial score (nSPS) is 20.7. The van der Waals surface area contributed by atoms with E-state index in [4.69, 9.17) is 0 Å². The van der Waals surface area contributed by atoms with E-state index < -0.39 is 0 Å². The van der Waals surface area contributed by atoms with Gasteiger partial charge in [0.25, 0.3) is 5.56 Å². The summed E-state index contributed by atoms with van der Waals surface area (Å²) < 4.78 is 0. The van der Waals surface area contributed by atoms with Gasteiger partial charge in [-0.15, -0.1) is 0 Å². The van der Waals surface area contributed by atoms with E-state index in [0.29, 0.717) is 17.6 Å². The number of aryl methyl sites for hydroxylation is 1. The Morgan fingerprint density at radius 2 is 2.50 bits per heavy atom. The van der Waals surface area contributed by atoms with Crippen LogP contribution < -0.4 is 16.2 Å². The molecule has 2 heterocycles. The van der Waals surface area contributed by atoms with E-state index in [9.17, 15) is 4.79 Å². The van der Waals surface area contributed by atoms with E-state index in [1.165, 1.54) is 18.9 Å². The highest BCUT2D eigenvalue weighted by Crippen LogP contribution is 2.10. The lowest BCUT2D eigenvalue weighted by Crippen LogP contribution is -2.33. The van der Waals surface area contributed by atoms with Crippen molar-refractivity contribution in [3.8, 4) is 0 Å². The van der Waals surface area contributed by atoms with Crippen LogP contribution in [-0.2, 0) is 0 Å². The van der Waals surface area contributed by atoms with Crippen molar-refractivity contribution in [2.24, 2.45) is 5.92 Å². The van der Waals surface area contributed by atoms with Gasteiger partial charge in [-0.1, -0.05) is 0 Å². The van der Waals surface area contributed by atoms with Gasteiger partial charge in [0.2, 0.25) is 0 Å². The molecule has 88 valence electrons. The standard InChI is InChI=1S/C11H18N4O/c1-8-14-10(5-11(16)15-8)13-7-9-3-2-4-12-6-9/h5,9,12H,2-4,6-7H2,1H3,(H2,13,14,15,16). The first-order valence-electron chi connectivity index (χ1n) is 5.76. The topological polar surface area (TPSA) is 69.8 Å². The molecule has 2 rings (SSSR count). The summed E-state index contributed by atoms with van der Waals surface area (Å²) >= 11 is 0. The summed E-state index contributed by atoms with van der Waals surface area (Å²) in [6, 6.07) is 1.50. The Kier molecular flexibility index (Phi) is 3.56. The third-order valence-corrected chi connectivity index (χ3v) is 2.83. The van der Waals surface area contributed by atoms with Crippen LogP contribution in [0.3, 0.4) is 0 Å². The summed E-state index contributed by atoms with van der Waals surface area (Å²) in [6.07, 6.45) is 2.47. The molecule has 0 aliphatic carbocycles. The fraction of sp³-hybridized carbons (Fsp3) is 0.636. The fourth-order valence-corrected chi connectivity index (χ4v) is 2.02. The zero-order valence-electron chi connectivity index (χ0n) is 9.55. The molecule has 1 saturated heterocycles. The van der Waals surface area contributed by atoms with Crippen molar-refractivity contribution in [2.75, 3.05) is 25.0 Å². The predicted molar refractivity (Wildman–Crippen MR) is 63.7 cm³/mol. The molecule has 5 nitrogen and oxygen atoms in total. The number of anilines is 1. The number of H-pyrrole nitrogens is 1. The Balaban J connectivity index is 1.90. The molecule has 1 aromatic rings. The summed E-state index contributed by atoms with van der Waals surface area (Å²) in [5.41, 5.74) is -0.100. The van der Waals surface area contributed by atoms with Gasteiger partial charge in [0.05, 0.1) is 0 Å². The van der Waals surface area contributed by atoms with Crippen LogP contribution in [0.25, 0.3) is 0 Å². The third-order valence-electron chi connectivity index (χ3n) is 2.83. The van der Waals surface area contributed by atoms with Crippen molar-refractivity contribution in [1.82, 2.24) is 15.3 Å². The lowest BCUT2D eigenvalue weighted by Gasteiger charge is -2.23. The molecule has 1 fully saturated rings. The third kappa shape index (κ3) is 3.06. The second-order valence-electron chi connectivity index (χ2n) is 4.31. The first-order chi connectivity index (χ1) is 7.74. The summed E-state index contributed by atoms with van der Waals surface area (Å²) in [5, 5.41) is 6.59. The Bertz CT molecular complexity index is 395. The minimum Gasteiger partial charge on any atom is -0.370 e. The monoisotopic (exact) mass is 222 g/mol. The maximum Gasteiger partial charge on any atom is 0.252 e. The highest BCUT2D eigenvalue weighted by molar-refractivity contribution is 5.32. The molecule has 5 heteroatoms. The predicted octanol–water partition coefficient (Wildman–Crippen LogP) is 0.490. The van der Waals surface area contributed by atoms with E-state index in [0.717, 1.165) is 19.6 Å². The van der Waals surface area contributed by atoms with Crippen molar-refractivity contribution >= 4 is 5.82 Å². The largest absolute Gasteiger partial charge is 0.370 e. The average Bonchev–Trinajstić information content (AvgIpc) is 2.27. The van der Waals surface area contributed by atoms with Crippen molar-refractivity contribution in [3.63, 3.8) is 0 Å². The maximum absolute atomic E-state index is 11.2. The zero-order valence-corrected chi connectivity index (χ0v) is 9.55. The van der Waals surface area contributed by atoms with Gasteiger partial charge in [0.1, 0.15) is 11.6 Å². The summed E-state index contributed by atoms with van der Waals surface area (Å²) in [6.45, 7) is 4.84. The molecule has 0 radical (unpaired) electrons. The SMILES string of the molecule is Cc1nc(NCC2CCCNC2)cc(=O)[nH]1. The smallest absolute Gasteiger partial charge is 0.252 e.